The molecule has 1 N–H and O–H groups in total. The highest BCUT2D eigenvalue weighted by Gasteiger charge is 2.34. The third kappa shape index (κ3) is 3.88. The van der Waals surface area contributed by atoms with Crippen LogP contribution in [0.25, 0.3) is 0 Å². The van der Waals surface area contributed by atoms with Crippen molar-refractivity contribution in [1.29, 1.82) is 0 Å². The van der Waals surface area contributed by atoms with Crippen molar-refractivity contribution in [3.8, 4) is 5.75 Å². The summed E-state index contributed by atoms with van der Waals surface area (Å²) in [7, 11) is 0. The van der Waals surface area contributed by atoms with E-state index in [1.165, 1.54) is 12.1 Å². The Morgan fingerprint density at radius 2 is 2.05 bits per heavy atom. The van der Waals surface area contributed by atoms with Crippen LogP contribution in [0.5, 0.6) is 5.75 Å². The lowest BCUT2D eigenvalue weighted by Gasteiger charge is -2.16. The van der Waals surface area contributed by atoms with Gasteiger partial charge in [0, 0.05) is 11.1 Å². The van der Waals surface area contributed by atoms with Crippen LogP contribution in [0.3, 0.4) is 0 Å². The predicted molar refractivity (Wildman–Crippen MR) is 76.9 cm³/mol. The van der Waals surface area contributed by atoms with E-state index in [-0.39, 0.29) is 11.8 Å². The zero-order valence-corrected chi connectivity index (χ0v) is 12.5. The molecule has 2 aromatic rings. The minimum atomic E-state index is -4.70. The van der Waals surface area contributed by atoms with E-state index < -0.39 is 6.36 Å². The molecule has 1 saturated carbocycles. The van der Waals surface area contributed by atoms with Crippen LogP contribution in [0.1, 0.15) is 28.8 Å². The Morgan fingerprint density at radius 3 is 2.55 bits per heavy atom. The van der Waals surface area contributed by atoms with Crippen LogP contribution in [0.2, 0.25) is 0 Å². The van der Waals surface area contributed by atoms with E-state index in [0.29, 0.717) is 11.7 Å². The van der Waals surface area contributed by atoms with Crippen LogP contribution in [-0.2, 0) is 0 Å². The van der Waals surface area contributed by atoms with Gasteiger partial charge in [0.1, 0.15) is 16.6 Å². The van der Waals surface area contributed by atoms with Gasteiger partial charge >= 0.3 is 6.36 Å². The zero-order chi connectivity index (χ0) is 15.7. The van der Waals surface area contributed by atoms with Crippen molar-refractivity contribution in [1.82, 2.24) is 9.97 Å². The number of aromatic nitrogens is 2. The molecular formula is C14H14F3N3OS. The first-order chi connectivity index (χ1) is 10.4. The van der Waals surface area contributed by atoms with Crippen LogP contribution in [0.4, 0.5) is 19.0 Å². The average molecular weight is 329 g/mol. The van der Waals surface area contributed by atoms with Gasteiger partial charge in [0.2, 0.25) is 0 Å². The first-order valence-corrected chi connectivity index (χ1v) is 7.63. The van der Waals surface area contributed by atoms with Crippen molar-refractivity contribution in [3.63, 3.8) is 0 Å². The third-order valence-electron chi connectivity index (χ3n) is 3.27. The molecule has 0 aromatic carbocycles. The number of nitrogens with zero attached hydrogens (tertiary/aromatic N) is 2. The summed E-state index contributed by atoms with van der Waals surface area (Å²) in [4.78, 5) is 9.51. The number of hydrogen-bond donors (Lipinski definition) is 1. The number of ether oxygens (including phenoxy) is 1. The van der Waals surface area contributed by atoms with Gasteiger partial charge in [-0.1, -0.05) is 0 Å². The monoisotopic (exact) mass is 329 g/mol. The van der Waals surface area contributed by atoms with Gasteiger partial charge in [-0.15, -0.1) is 24.5 Å². The van der Waals surface area contributed by atoms with Crippen LogP contribution >= 0.6 is 11.3 Å². The fraction of sp³-hybridized carbons (Fsp3) is 0.429. The maximum atomic E-state index is 12.1. The van der Waals surface area contributed by atoms with Gasteiger partial charge in [-0.05, 0) is 37.8 Å². The lowest BCUT2D eigenvalue weighted by molar-refractivity contribution is -0.274. The summed E-state index contributed by atoms with van der Waals surface area (Å²) in [5, 5.41) is 4.24. The molecule has 8 heteroatoms. The van der Waals surface area contributed by atoms with Crippen molar-refractivity contribution in [2.45, 2.75) is 32.2 Å². The molecule has 1 aliphatic rings. The molecule has 0 bridgehead atoms. The van der Waals surface area contributed by atoms with Crippen molar-refractivity contribution >= 4 is 17.2 Å². The predicted octanol–water partition coefficient (Wildman–Crippen LogP) is 4.31. The SMILES string of the molecule is Cc1cnc(C(Nc2ccc(OC(F)(F)F)cn2)C2CC2)s1. The van der Waals surface area contributed by atoms with E-state index in [1.807, 2.05) is 13.1 Å². The standard InChI is InChI=1S/C14H14F3N3OS/c1-8-6-19-13(22-8)12(9-2-3-9)20-11-5-4-10(7-18-11)21-14(15,16)17/h4-7,9,12H,2-3H2,1H3,(H,18,20). The summed E-state index contributed by atoms with van der Waals surface area (Å²) in [6.07, 6.45) is 0.417. The third-order valence-corrected chi connectivity index (χ3v) is 4.27. The Morgan fingerprint density at radius 1 is 1.27 bits per heavy atom. The molecule has 0 spiro atoms. The van der Waals surface area contributed by atoms with E-state index in [9.17, 15) is 13.2 Å². The van der Waals surface area contributed by atoms with Crippen molar-refractivity contribution in [3.05, 3.63) is 34.4 Å². The molecular weight excluding hydrogens is 315 g/mol. The van der Waals surface area contributed by atoms with Gasteiger partial charge in [0.25, 0.3) is 0 Å². The Balaban J connectivity index is 1.71. The Labute approximate surface area is 129 Å². The van der Waals surface area contributed by atoms with Gasteiger partial charge in [0.05, 0.1) is 12.2 Å². The molecule has 1 atom stereocenters. The Kier molecular flexibility index (Phi) is 3.94. The van der Waals surface area contributed by atoms with Crippen LogP contribution in [0, 0.1) is 12.8 Å². The molecule has 1 fully saturated rings. The van der Waals surface area contributed by atoms with E-state index in [4.69, 9.17) is 0 Å². The molecule has 2 aromatic heterocycles. The molecule has 118 valence electrons. The summed E-state index contributed by atoms with van der Waals surface area (Å²) in [6, 6.07) is 2.79. The quantitative estimate of drug-likeness (QED) is 0.888. The fourth-order valence-corrected chi connectivity index (χ4v) is 3.06. The normalized spacial score (nSPS) is 16.4. The number of alkyl halides is 3. The van der Waals surface area contributed by atoms with Crippen molar-refractivity contribution in [2.24, 2.45) is 5.92 Å². The molecule has 1 aliphatic carbocycles. The molecule has 22 heavy (non-hydrogen) atoms. The molecule has 3 rings (SSSR count). The summed E-state index contributed by atoms with van der Waals surface area (Å²) in [5.74, 6) is 0.684. The van der Waals surface area contributed by atoms with Crippen molar-refractivity contribution < 1.29 is 17.9 Å². The van der Waals surface area contributed by atoms with Gasteiger partial charge < -0.3 is 10.1 Å². The first-order valence-electron chi connectivity index (χ1n) is 6.81. The Hall–Kier alpha value is -1.83. The molecule has 2 heterocycles. The summed E-state index contributed by atoms with van der Waals surface area (Å²) in [6.45, 7) is 1.99. The van der Waals surface area contributed by atoms with E-state index >= 15 is 0 Å². The second-order valence-corrected chi connectivity index (χ2v) is 6.46. The molecule has 0 amide bonds. The maximum absolute atomic E-state index is 12.1. The minimum absolute atomic E-state index is 0.0561. The van der Waals surface area contributed by atoms with E-state index in [0.717, 1.165) is 28.9 Å². The highest BCUT2D eigenvalue weighted by molar-refractivity contribution is 7.11. The van der Waals surface area contributed by atoms with Crippen molar-refractivity contribution in [2.75, 3.05) is 5.32 Å². The van der Waals surface area contributed by atoms with Crippen LogP contribution in [0.15, 0.2) is 24.5 Å². The van der Waals surface area contributed by atoms with Gasteiger partial charge in [-0.3, -0.25) is 0 Å². The zero-order valence-electron chi connectivity index (χ0n) is 11.7. The lowest BCUT2D eigenvalue weighted by atomic mass is 10.2. The summed E-state index contributed by atoms with van der Waals surface area (Å²) in [5.41, 5.74) is 0. The molecule has 0 saturated heterocycles. The molecule has 0 aliphatic heterocycles. The number of halogens is 3. The molecule has 1 unspecified atom stereocenters. The first kappa shape index (κ1) is 15.1. The van der Waals surface area contributed by atoms with Gasteiger partial charge in [0.15, 0.2) is 0 Å². The number of anilines is 1. The largest absolute Gasteiger partial charge is 0.573 e. The second-order valence-electron chi connectivity index (χ2n) is 5.20. The highest BCUT2D eigenvalue weighted by Crippen LogP contribution is 2.43. The van der Waals surface area contributed by atoms with Crippen LogP contribution in [-0.4, -0.2) is 16.3 Å². The topological polar surface area (TPSA) is 47.0 Å². The Bertz CT molecular complexity index is 638. The van der Waals surface area contributed by atoms with E-state index in [1.54, 1.807) is 11.3 Å². The fourth-order valence-electron chi connectivity index (χ4n) is 2.15. The smallest absolute Gasteiger partial charge is 0.404 e. The number of nitrogens with one attached hydrogen (secondary N) is 1. The highest BCUT2D eigenvalue weighted by atomic mass is 32.1. The summed E-state index contributed by atoms with van der Waals surface area (Å²) >= 11 is 1.62. The van der Waals surface area contributed by atoms with Gasteiger partial charge in [-0.25, -0.2) is 9.97 Å². The number of thiazole rings is 1. The van der Waals surface area contributed by atoms with E-state index in [2.05, 4.69) is 20.0 Å². The summed E-state index contributed by atoms with van der Waals surface area (Å²) < 4.78 is 40.2. The number of rotatable bonds is 5. The van der Waals surface area contributed by atoms with Gasteiger partial charge in [-0.2, -0.15) is 0 Å². The lowest BCUT2D eigenvalue weighted by Crippen LogP contribution is -2.17. The average Bonchev–Trinajstić information content (AvgIpc) is 3.18. The number of hydrogen-bond acceptors (Lipinski definition) is 5. The number of aryl methyl sites for hydroxylation is 1. The second kappa shape index (κ2) is 5.75. The van der Waals surface area contributed by atoms with Crippen LogP contribution < -0.4 is 10.1 Å². The number of pyridine rings is 1. The minimum Gasteiger partial charge on any atom is -0.404 e. The molecule has 0 radical (unpaired) electrons. The maximum Gasteiger partial charge on any atom is 0.573 e. The molecule has 4 nitrogen and oxygen atoms in total.